The summed E-state index contributed by atoms with van der Waals surface area (Å²) in [6, 6.07) is 4.67. The Hall–Kier alpha value is -12.0. The number of likely N-dealkylation sites (N-methyl/N-ethyl adjacent to an activating group) is 1. The molecule has 41 nitrogen and oxygen atoms in total. The van der Waals surface area contributed by atoms with Crippen molar-refractivity contribution in [1.29, 1.82) is 10.8 Å². The van der Waals surface area contributed by atoms with Gasteiger partial charge in [0.1, 0.15) is 78.0 Å². The minimum absolute atomic E-state index is 0.0136. The third-order valence-electron chi connectivity index (χ3n) is 20.2. The van der Waals surface area contributed by atoms with Crippen LogP contribution in [0.2, 0.25) is 0 Å². The van der Waals surface area contributed by atoms with Gasteiger partial charge in [-0.1, -0.05) is 88.3 Å². The van der Waals surface area contributed by atoms with E-state index in [2.05, 4.69) is 79.8 Å². The highest BCUT2D eigenvalue weighted by atomic mass is 33.1. The van der Waals surface area contributed by atoms with Crippen molar-refractivity contribution < 1.29 is 77.3 Å². The van der Waals surface area contributed by atoms with Gasteiger partial charge in [-0.3, -0.25) is 68.4 Å². The van der Waals surface area contributed by atoms with Crippen molar-refractivity contribution in [3.63, 3.8) is 0 Å². The van der Waals surface area contributed by atoms with E-state index in [0.29, 0.717) is 24.0 Å². The minimum Gasteiger partial charge on any atom is -0.508 e. The Morgan fingerprint density at radius 2 is 0.910 bits per heavy atom. The van der Waals surface area contributed by atoms with Gasteiger partial charge in [-0.2, -0.15) is 0 Å². The van der Waals surface area contributed by atoms with Crippen LogP contribution in [-0.4, -0.2) is 247 Å². The van der Waals surface area contributed by atoms with Crippen LogP contribution >= 0.6 is 21.6 Å². The Bertz CT molecular complexity index is 4210. The zero-order chi connectivity index (χ0) is 89.2. The zero-order valence-electron chi connectivity index (χ0n) is 68.3. The summed E-state index contributed by atoms with van der Waals surface area (Å²) in [6.07, 6.45) is 0.0394. The number of nitrogens with two attached hydrogens (primary N) is 7. The van der Waals surface area contributed by atoms with Crippen LogP contribution in [-0.2, 0) is 76.8 Å². The van der Waals surface area contributed by atoms with E-state index < -0.39 is 167 Å². The molecule has 0 saturated carbocycles. The summed E-state index contributed by atoms with van der Waals surface area (Å²) in [7, 11) is 3.29. The van der Waals surface area contributed by atoms with Crippen LogP contribution < -0.4 is 120 Å². The highest BCUT2D eigenvalue weighted by Crippen LogP contribution is 2.26. The molecule has 43 heteroatoms. The number of guanidine groups is 2. The predicted molar refractivity (Wildman–Crippen MR) is 460 cm³/mol. The first-order valence-electron chi connectivity index (χ1n) is 40.6. The molecular weight excluding hydrogens is 1620 g/mol. The first-order valence-corrected chi connectivity index (χ1v) is 43.1. The molecule has 2 aliphatic rings. The summed E-state index contributed by atoms with van der Waals surface area (Å²) >= 11 is 0. The fourth-order valence-electron chi connectivity index (χ4n) is 13.6. The lowest BCUT2D eigenvalue weighted by molar-refractivity contribution is -0.142. The number of hydrogen-bond acceptors (Lipinski definition) is 23. The number of nitrogens with zero attached hydrogens (tertiary/aromatic N) is 1. The number of hydrogen-bond donors (Lipinski definition) is 26. The van der Waals surface area contributed by atoms with Crippen molar-refractivity contribution >= 4 is 127 Å². The number of benzene rings is 4. The largest absolute Gasteiger partial charge is 0.508 e. The van der Waals surface area contributed by atoms with Gasteiger partial charge in [0.05, 0.1) is 6.04 Å². The fourth-order valence-corrected chi connectivity index (χ4v) is 15.9. The molecule has 12 atom stereocenters. The standard InChI is InChI=1S/C79H119N25O16S2/c1-89-58(42-47-22-27-48-13-2-3-14-49(48)39-47)69(112)103-62-44-122-121-43-61(72(115)94-52(64(82)107)17-8-34-90-76(83)84)102-68(111)56(20-11-37-93-79(88)120)96-66(109)54(18-9-35-91-77(85)86)98-71(114)60(41-46-25-30-51(106)31-26-46)101-74(117)63-21-12-38-104(63)75(118)57(16-5-7-33-81)99-67(110)53(15-4-6-32-80)95-65(108)55(19-10-36-92-78(87)119)97-70(113)59(100-73(62)116)40-45-23-28-50(105)29-24-45/h2-3,13-14,22-31,39,52-63,89,105-106H,4-12,15-21,32-38,40-44,80-81H2,1H3,(H2,82,107)(H,94,115)(H,95,108)(H,96,109)(H,97,113)(H,98,114)(H,99,110)(H,100,116)(H,101,117)(H,102,111)(H,103,112)(H4,83,84,90)(H4,85,86,91)(H3,87,92,119)(H3,88,93,120)/t52-,53-,54-,55-,56-,57-,58-,59-,60-,61-,62-,63-/m0/s1. The number of rotatable bonds is 36. The molecule has 0 bridgehead atoms. The Morgan fingerprint density at radius 1 is 0.484 bits per heavy atom. The van der Waals surface area contributed by atoms with Crippen LogP contribution in [0.1, 0.15) is 119 Å². The summed E-state index contributed by atoms with van der Waals surface area (Å²) < 4.78 is 0. The molecule has 0 spiro atoms. The van der Waals surface area contributed by atoms with Crippen molar-refractivity contribution in [3.8, 4) is 11.5 Å². The monoisotopic (exact) mass is 1740 g/mol. The highest BCUT2D eigenvalue weighted by Gasteiger charge is 2.42. The van der Waals surface area contributed by atoms with Crippen LogP contribution in [0, 0.1) is 10.8 Å². The lowest BCUT2D eigenvalue weighted by Gasteiger charge is -2.31. The number of nitrogens with one attached hydrogen (secondary N) is 17. The van der Waals surface area contributed by atoms with Crippen LogP contribution in [0.4, 0.5) is 9.59 Å². The van der Waals surface area contributed by atoms with Crippen LogP contribution in [0.3, 0.4) is 0 Å². The molecule has 6 rings (SSSR count). The first-order chi connectivity index (χ1) is 58.4. The first kappa shape index (κ1) is 98.9. The average molecular weight is 1740 g/mol. The molecule has 4 aromatic rings. The summed E-state index contributed by atoms with van der Waals surface area (Å²) in [5.41, 5.74) is 41.2. The van der Waals surface area contributed by atoms with Crippen molar-refractivity contribution in [2.75, 3.05) is 64.4 Å². The number of amides is 16. The van der Waals surface area contributed by atoms with E-state index in [0.717, 1.165) is 37.9 Å². The molecule has 33 N–H and O–H groups in total. The SMILES string of the molecule is CN[C@@H](Cc1ccc2ccccc2c1)C(=O)N[C@H]1CSSC[C@@H](C(=O)N[C@@H](CCCNC(=N)N)C(N)=O)NC(=O)[C@H](CCCNC(N)=O)NC(=O)[C@H](CCCNC(=N)N)NC(=O)[C@H](Cc2ccc(O)cc2)NC(=O)[C@@H]2CCCN2C(=O)[C@H](CCCCN)NC(=O)[C@H](CCCCN)NC(=O)[C@H](CCCNC(N)=O)NC(=O)[C@H](Cc2ccc(O)cc2)NC1=O. The molecule has 2 saturated heterocycles. The van der Waals surface area contributed by atoms with Gasteiger partial charge in [-0.05, 0) is 181 Å². The Morgan fingerprint density at radius 3 is 1.39 bits per heavy atom. The Kier molecular flexibility index (Phi) is 42.4. The van der Waals surface area contributed by atoms with Gasteiger partial charge < -0.3 is 135 Å². The smallest absolute Gasteiger partial charge is 0.312 e. The van der Waals surface area contributed by atoms with E-state index in [1.807, 2.05) is 42.5 Å². The number of unbranched alkanes of at least 4 members (excludes halogenated alkanes) is 2. The number of carbonyl (C=O) groups is 14. The second kappa shape index (κ2) is 52.3. The number of aromatic hydroxyl groups is 2. The quantitative estimate of drug-likeness (QED) is 0.00901. The lowest BCUT2D eigenvalue weighted by atomic mass is 10.0. The molecular formula is C79H119N25O16S2. The lowest BCUT2D eigenvalue weighted by Crippen LogP contribution is -2.61. The van der Waals surface area contributed by atoms with Crippen LogP contribution in [0.15, 0.2) is 91.0 Å². The van der Waals surface area contributed by atoms with Crippen LogP contribution in [0.5, 0.6) is 11.5 Å². The molecule has 668 valence electrons. The molecule has 4 aromatic carbocycles. The molecule has 0 unspecified atom stereocenters. The van der Waals surface area contributed by atoms with Crippen molar-refractivity contribution in [1.82, 2.24) is 84.7 Å². The van der Waals surface area contributed by atoms with Gasteiger partial charge in [0, 0.05) is 57.1 Å². The van der Waals surface area contributed by atoms with E-state index >= 15 is 43.2 Å². The fraction of sp³-hybridized carbons (Fsp3) is 0.519. The van der Waals surface area contributed by atoms with Crippen LogP contribution in [0.25, 0.3) is 10.8 Å². The van der Waals surface area contributed by atoms with Gasteiger partial charge in [0.15, 0.2) is 11.9 Å². The topological polar surface area (TPSA) is 693 Å². The molecule has 2 aliphatic heterocycles. The summed E-state index contributed by atoms with van der Waals surface area (Å²) in [5, 5.41) is 78.3. The van der Waals surface area contributed by atoms with E-state index in [4.69, 9.17) is 51.0 Å². The molecule has 0 aliphatic carbocycles. The molecule has 2 heterocycles. The number of fused-ring (bicyclic) bond motifs is 2. The van der Waals surface area contributed by atoms with E-state index in [-0.39, 0.29) is 178 Å². The molecule has 0 radical (unpaired) electrons. The van der Waals surface area contributed by atoms with Gasteiger partial charge in [-0.25, -0.2) is 9.59 Å². The van der Waals surface area contributed by atoms with Crippen molar-refractivity contribution in [3.05, 3.63) is 108 Å². The van der Waals surface area contributed by atoms with Gasteiger partial charge >= 0.3 is 12.1 Å². The summed E-state index contributed by atoms with van der Waals surface area (Å²) in [4.78, 5) is 205. The molecule has 122 heavy (non-hydrogen) atoms. The maximum atomic E-state index is 15.5. The Balaban J connectivity index is 1.53. The molecule has 0 aromatic heterocycles. The third kappa shape index (κ3) is 34.6. The predicted octanol–water partition coefficient (Wildman–Crippen LogP) is -3.73. The Labute approximate surface area is 714 Å². The number of carbonyl (C=O) groups excluding carboxylic acids is 14. The zero-order valence-corrected chi connectivity index (χ0v) is 69.9. The van der Waals surface area contributed by atoms with Gasteiger partial charge in [0.2, 0.25) is 70.9 Å². The van der Waals surface area contributed by atoms with E-state index in [1.54, 1.807) is 0 Å². The summed E-state index contributed by atoms with van der Waals surface area (Å²) in [6.45, 7) is 0.0866. The normalized spacial score (nSPS) is 21.4. The van der Waals surface area contributed by atoms with E-state index in [1.165, 1.54) is 60.5 Å². The van der Waals surface area contributed by atoms with E-state index in [9.17, 15) is 34.2 Å². The minimum atomic E-state index is -1.69. The van der Waals surface area contributed by atoms with Crippen molar-refractivity contribution in [2.24, 2.45) is 40.1 Å². The average Bonchev–Trinajstić information content (AvgIpc) is 1.66. The maximum absolute atomic E-state index is 15.5. The number of primary amides is 3. The highest BCUT2D eigenvalue weighted by molar-refractivity contribution is 8.76. The number of phenols is 2. The maximum Gasteiger partial charge on any atom is 0.312 e. The number of urea groups is 2. The second-order valence-electron chi connectivity index (χ2n) is 29.6. The summed E-state index contributed by atoms with van der Waals surface area (Å²) in [5.74, 6) is -13.0. The third-order valence-corrected chi connectivity index (χ3v) is 22.6. The molecule has 16 amide bonds. The molecule has 2 fully saturated rings. The van der Waals surface area contributed by atoms with Crippen molar-refractivity contribution in [2.45, 2.75) is 194 Å². The van der Waals surface area contributed by atoms with Gasteiger partial charge in [-0.15, -0.1) is 0 Å². The second-order valence-corrected chi connectivity index (χ2v) is 32.2. The van der Waals surface area contributed by atoms with Gasteiger partial charge in [0.25, 0.3) is 0 Å². The number of phenolic OH excluding ortho intramolecular Hbond substituents is 2.